The lowest BCUT2D eigenvalue weighted by atomic mass is 10.6. The predicted octanol–water partition coefficient (Wildman–Crippen LogP) is 0.980. The summed E-state index contributed by atoms with van der Waals surface area (Å²) in [5.41, 5.74) is 0. The standard InChI is InChI=1S/C6H9N4O2PS/c1-2-9-3-4-10(12-13(11)14)6(9)8-5-7/h2-4H2,1H3/p+1. The van der Waals surface area contributed by atoms with E-state index in [0.29, 0.717) is 19.0 Å². The Hall–Kier alpha value is -0.830. The quantitative estimate of drug-likeness (QED) is 0.447. The average Bonchev–Trinajstić information content (AvgIpc) is 2.48. The summed E-state index contributed by atoms with van der Waals surface area (Å²) in [7, 11) is -2.02. The molecule has 1 fully saturated rings. The Kier molecular flexibility index (Phi) is 4.14. The molecule has 14 heavy (non-hydrogen) atoms. The van der Waals surface area contributed by atoms with Crippen LogP contribution in [0.25, 0.3) is 0 Å². The van der Waals surface area contributed by atoms with Crippen LogP contribution in [0.4, 0.5) is 0 Å². The van der Waals surface area contributed by atoms with E-state index in [0.717, 1.165) is 6.54 Å². The largest absolute Gasteiger partial charge is 0.606 e. The highest BCUT2D eigenvalue weighted by molar-refractivity contribution is 8.39. The lowest BCUT2D eigenvalue weighted by molar-refractivity contribution is 0.0474. The molecule has 1 atom stereocenters. The van der Waals surface area contributed by atoms with Gasteiger partial charge in [0, 0.05) is 13.1 Å². The van der Waals surface area contributed by atoms with Crippen LogP contribution in [0.2, 0.25) is 0 Å². The van der Waals surface area contributed by atoms with Crippen molar-refractivity contribution in [3.05, 3.63) is 0 Å². The van der Waals surface area contributed by atoms with Crippen molar-refractivity contribution in [1.29, 1.82) is 5.26 Å². The fourth-order valence-electron chi connectivity index (χ4n) is 1.20. The maximum atomic E-state index is 10.7. The lowest BCUT2D eigenvalue weighted by Crippen LogP contribution is -2.32. The van der Waals surface area contributed by atoms with E-state index in [1.54, 1.807) is 6.19 Å². The van der Waals surface area contributed by atoms with Gasteiger partial charge in [0.25, 0.3) is 0 Å². The second kappa shape index (κ2) is 5.15. The fourth-order valence-corrected chi connectivity index (χ4v) is 1.79. The number of hydrogen-bond donors (Lipinski definition) is 1. The van der Waals surface area contributed by atoms with Gasteiger partial charge in [0.1, 0.15) is 12.2 Å². The predicted molar refractivity (Wildman–Crippen MR) is 54.7 cm³/mol. The molecule has 0 aromatic carbocycles. The summed E-state index contributed by atoms with van der Waals surface area (Å²) in [5.74, 6) is 0.396. The van der Waals surface area contributed by atoms with Crippen LogP contribution in [0.5, 0.6) is 0 Å². The van der Waals surface area contributed by atoms with E-state index in [2.05, 4.69) is 17.2 Å². The van der Waals surface area contributed by atoms with Crippen LogP contribution < -0.4 is 0 Å². The van der Waals surface area contributed by atoms with Gasteiger partial charge in [-0.05, 0) is 16.1 Å². The van der Waals surface area contributed by atoms with Crippen LogP contribution in [0, 0.1) is 11.5 Å². The SMILES string of the molecule is CCN1CCN(O[P+](=O)S)C1=NC#N. The van der Waals surface area contributed by atoms with Crippen LogP contribution in [0.3, 0.4) is 0 Å². The molecule has 6 nitrogen and oxygen atoms in total. The number of rotatable bonds is 3. The van der Waals surface area contributed by atoms with Gasteiger partial charge in [-0.3, -0.25) is 0 Å². The first-order valence-corrected chi connectivity index (χ1v) is 6.35. The number of thiol groups is 1. The summed E-state index contributed by atoms with van der Waals surface area (Å²) in [4.78, 5) is 5.45. The highest BCUT2D eigenvalue weighted by Gasteiger charge is 2.32. The maximum Gasteiger partial charge on any atom is 0.606 e. The Morgan fingerprint density at radius 2 is 2.50 bits per heavy atom. The van der Waals surface area contributed by atoms with E-state index in [9.17, 15) is 4.57 Å². The molecule has 0 amide bonds. The number of guanidine groups is 1. The zero-order valence-corrected chi connectivity index (χ0v) is 9.41. The van der Waals surface area contributed by atoms with Gasteiger partial charge in [-0.2, -0.15) is 10.3 Å². The maximum absolute atomic E-state index is 10.7. The Labute approximate surface area is 88.1 Å². The first kappa shape index (κ1) is 11.2. The van der Waals surface area contributed by atoms with Crippen molar-refractivity contribution < 1.29 is 9.19 Å². The topological polar surface area (TPSA) is 68.9 Å². The first-order chi connectivity index (χ1) is 6.69. The number of hydroxylamine groups is 2. The Bertz CT molecular complexity index is 303. The molecule has 0 bridgehead atoms. The summed E-state index contributed by atoms with van der Waals surface area (Å²) < 4.78 is 15.6. The molecule has 8 heteroatoms. The van der Waals surface area contributed by atoms with Crippen molar-refractivity contribution in [2.75, 3.05) is 19.6 Å². The highest BCUT2D eigenvalue weighted by atomic mass is 32.7. The first-order valence-electron chi connectivity index (χ1n) is 4.02. The van der Waals surface area contributed by atoms with Crippen LogP contribution >= 0.6 is 19.5 Å². The van der Waals surface area contributed by atoms with Crippen molar-refractivity contribution in [2.24, 2.45) is 4.99 Å². The average molecular weight is 233 g/mol. The second-order valence-electron chi connectivity index (χ2n) is 2.51. The van der Waals surface area contributed by atoms with Gasteiger partial charge in [0.15, 0.2) is 0 Å². The second-order valence-corrected chi connectivity index (χ2v) is 4.13. The Morgan fingerprint density at radius 1 is 1.79 bits per heavy atom. The molecule has 76 valence electrons. The lowest BCUT2D eigenvalue weighted by Gasteiger charge is -2.15. The van der Waals surface area contributed by atoms with Crippen LogP contribution in [0.15, 0.2) is 4.99 Å². The molecule has 0 radical (unpaired) electrons. The summed E-state index contributed by atoms with van der Waals surface area (Å²) in [5, 5.41) is 9.79. The zero-order valence-electron chi connectivity index (χ0n) is 7.62. The van der Waals surface area contributed by atoms with Crippen LogP contribution in [-0.2, 0) is 9.19 Å². The molecule has 0 aliphatic carbocycles. The number of aliphatic imine (C=N–C) groups is 1. The number of nitriles is 1. The van der Waals surface area contributed by atoms with Gasteiger partial charge < -0.3 is 4.90 Å². The number of nitrogens with zero attached hydrogens (tertiary/aromatic N) is 4. The van der Waals surface area contributed by atoms with Gasteiger partial charge in [-0.15, -0.1) is 4.99 Å². The van der Waals surface area contributed by atoms with Crippen molar-refractivity contribution >= 4 is 25.4 Å². The van der Waals surface area contributed by atoms with Gasteiger partial charge >= 0.3 is 7.23 Å². The van der Waals surface area contributed by atoms with E-state index in [-0.39, 0.29) is 0 Å². The molecular formula is C6H10N4O2PS+. The zero-order chi connectivity index (χ0) is 10.6. The molecule has 0 aromatic rings. The molecular weight excluding hydrogens is 223 g/mol. The summed E-state index contributed by atoms with van der Waals surface area (Å²) in [6.45, 7) is 3.91. The van der Waals surface area contributed by atoms with Gasteiger partial charge in [-0.1, -0.05) is 0 Å². The molecule has 1 aliphatic rings. The van der Waals surface area contributed by atoms with Gasteiger partial charge in [0.2, 0.25) is 12.2 Å². The van der Waals surface area contributed by atoms with Crippen molar-refractivity contribution in [3.63, 3.8) is 0 Å². The van der Waals surface area contributed by atoms with E-state index in [4.69, 9.17) is 9.89 Å². The summed E-state index contributed by atoms with van der Waals surface area (Å²) in [6, 6.07) is 0. The third-order valence-electron chi connectivity index (χ3n) is 1.78. The molecule has 0 spiro atoms. The smallest absolute Gasteiger partial charge is 0.338 e. The molecule has 0 N–H and O–H groups in total. The van der Waals surface area contributed by atoms with Gasteiger partial charge in [-0.25, -0.2) is 0 Å². The number of hydrogen-bond acceptors (Lipinski definition) is 4. The van der Waals surface area contributed by atoms with Crippen molar-refractivity contribution in [1.82, 2.24) is 9.96 Å². The molecule has 0 aromatic heterocycles. The normalized spacial score (nSPS) is 20.1. The third kappa shape index (κ3) is 2.58. The monoisotopic (exact) mass is 233 g/mol. The van der Waals surface area contributed by atoms with E-state index in [1.165, 1.54) is 5.06 Å². The molecule has 1 aliphatic heterocycles. The van der Waals surface area contributed by atoms with E-state index < -0.39 is 7.23 Å². The molecule has 1 rings (SSSR count). The molecule has 1 saturated heterocycles. The van der Waals surface area contributed by atoms with Crippen LogP contribution in [-0.4, -0.2) is 35.6 Å². The Balaban J connectivity index is 2.74. The summed E-state index contributed by atoms with van der Waals surface area (Å²) >= 11 is 3.63. The minimum absolute atomic E-state index is 0.396. The fraction of sp³-hybridized carbons (Fsp3) is 0.667. The van der Waals surface area contributed by atoms with E-state index in [1.807, 2.05) is 11.8 Å². The summed E-state index contributed by atoms with van der Waals surface area (Å²) in [6.07, 6.45) is 1.68. The third-order valence-corrected chi connectivity index (χ3v) is 2.33. The van der Waals surface area contributed by atoms with Crippen molar-refractivity contribution in [2.45, 2.75) is 6.92 Å². The molecule has 1 heterocycles. The highest BCUT2D eigenvalue weighted by Crippen LogP contribution is 2.30. The van der Waals surface area contributed by atoms with Gasteiger partial charge in [0.05, 0.1) is 6.54 Å². The minimum Gasteiger partial charge on any atom is -0.338 e. The minimum atomic E-state index is -2.02. The molecule has 0 saturated carbocycles. The van der Waals surface area contributed by atoms with Crippen LogP contribution in [0.1, 0.15) is 6.92 Å². The number of likely N-dealkylation sites (N-methyl/N-ethyl adjacent to an activating group) is 1. The van der Waals surface area contributed by atoms with E-state index >= 15 is 0 Å². The van der Waals surface area contributed by atoms with Crippen molar-refractivity contribution in [3.8, 4) is 6.19 Å². The Morgan fingerprint density at radius 3 is 3.00 bits per heavy atom. The molecule has 1 unspecified atom stereocenters.